The third-order valence-electron chi connectivity index (χ3n) is 3.74. The lowest BCUT2D eigenvalue weighted by Crippen LogP contribution is -2.19. The van der Waals surface area contributed by atoms with Gasteiger partial charge in [0.2, 0.25) is 0 Å². The summed E-state index contributed by atoms with van der Waals surface area (Å²) in [5.74, 6) is 0.678. The monoisotopic (exact) mass is 367 g/mol. The number of nitrogens with one attached hydrogen (secondary N) is 1. The van der Waals surface area contributed by atoms with E-state index in [1.807, 2.05) is 80.5 Å². The van der Waals surface area contributed by atoms with Gasteiger partial charge in [-0.15, -0.1) is 0 Å². The summed E-state index contributed by atoms with van der Waals surface area (Å²) in [5.41, 5.74) is 2.87. The molecule has 1 aliphatic rings. The van der Waals surface area contributed by atoms with E-state index >= 15 is 0 Å². The number of benzene rings is 2. The van der Waals surface area contributed by atoms with Crippen molar-refractivity contribution in [1.82, 2.24) is 5.32 Å². The first kappa shape index (κ1) is 18.1. The molecule has 3 rings (SSSR count). The van der Waals surface area contributed by atoms with E-state index < -0.39 is 0 Å². The Kier molecular flexibility index (Phi) is 5.63. The second-order valence-electron chi connectivity index (χ2n) is 5.89. The molecule has 134 valence electrons. The lowest BCUT2D eigenvalue weighted by atomic mass is 10.2. The van der Waals surface area contributed by atoms with Gasteiger partial charge in [-0.3, -0.25) is 4.79 Å². The summed E-state index contributed by atoms with van der Waals surface area (Å²) < 4.78 is 5.42. The van der Waals surface area contributed by atoms with E-state index in [-0.39, 0.29) is 5.91 Å². The van der Waals surface area contributed by atoms with E-state index in [1.165, 1.54) is 11.8 Å². The van der Waals surface area contributed by atoms with Crippen LogP contribution in [0.15, 0.2) is 58.4 Å². The van der Waals surface area contributed by atoms with Gasteiger partial charge in [0.1, 0.15) is 5.75 Å². The van der Waals surface area contributed by atoms with Crippen LogP contribution in [0.1, 0.15) is 12.5 Å². The molecule has 0 saturated carbocycles. The van der Waals surface area contributed by atoms with Crippen LogP contribution in [0.25, 0.3) is 6.08 Å². The Bertz CT molecular complexity index is 840. The minimum Gasteiger partial charge on any atom is -0.494 e. The van der Waals surface area contributed by atoms with Gasteiger partial charge in [-0.2, -0.15) is 0 Å². The molecule has 2 aromatic rings. The molecule has 2 aromatic carbocycles. The molecule has 0 unspecified atom stereocenters. The first-order valence-corrected chi connectivity index (χ1v) is 9.16. The number of carbonyl (C=O) groups excluding carboxylic acids is 1. The molecule has 0 bridgehead atoms. The Balaban J connectivity index is 1.73. The number of hydrogen-bond donors (Lipinski definition) is 1. The van der Waals surface area contributed by atoms with Crippen LogP contribution in [-0.2, 0) is 4.79 Å². The lowest BCUT2D eigenvalue weighted by molar-refractivity contribution is -0.115. The summed E-state index contributed by atoms with van der Waals surface area (Å²) >= 11 is 1.34. The third-order valence-corrected chi connectivity index (χ3v) is 4.65. The van der Waals surface area contributed by atoms with Crippen molar-refractivity contribution in [3.05, 3.63) is 59.0 Å². The molecule has 0 radical (unpaired) electrons. The van der Waals surface area contributed by atoms with Gasteiger partial charge >= 0.3 is 0 Å². The van der Waals surface area contributed by atoms with Crippen molar-refractivity contribution in [2.24, 2.45) is 4.99 Å². The van der Waals surface area contributed by atoms with E-state index in [0.717, 1.165) is 22.7 Å². The molecule has 1 fully saturated rings. The van der Waals surface area contributed by atoms with Crippen LogP contribution in [0.4, 0.5) is 11.4 Å². The number of amidine groups is 1. The number of anilines is 1. The Morgan fingerprint density at radius 3 is 2.42 bits per heavy atom. The van der Waals surface area contributed by atoms with Crippen LogP contribution in [0.3, 0.4) is 0 Å². The number of amides is 1. The summed E-state index contributed by atoms with van der Waals surface area (Å²) in [7, 11) is 3.99. The first-order valence-electron chi connectivity index (χ1n) is 8.35. The molecule has 1 amide bonds. The van der Waals surface area contributed by atoms with Crippen molar-refractivity contribution in [2.45, 2.75) is 6.92 Å². The maximum atomic E-state index is 12.2. The Labute approximate surface area is 157 Å². The summed E-state index contributed by atoms with van der Waals surface area (Å²) in [6.45, 7) is 2.57. The molecule has 26 heavy (non-hydrogen) atoms. The molecule has 1 heterocycles. The number of thioether (sulfide) groups is 1. The molecule has 5 nitrogen and oxygen atoms in total. The molecular formula is C20H21N3O2S. The molecular weight excluding hydrogens is 346 g/mol. The number of aliphatic imine (C=N–C) groups is 1. The predicted octanol–water partition coefficient (Wildman–Crippen LogP) is 4.04. The van der Waals surface area contributed by atoms with Crippen molar-refractivity contribution in [3.63, 3.8) is 0 Å². The Morgan fingerprint density at radius 2 is 1.81 bits per heavy atom. The second kappa shape index (κ2) is 8.10. The van der Waals surface area contributed by atoms with Crippen LogP contribution < -0.4 is 15.0 Å². The molecule has 1 N–H and O–H groups in total. The van der Waals surface area contributed by atoms with Crippen molar-refractivity contribution < 1.29 is 9.53 Å². The fraction of sp³-hybridized carbons (Fsp3) is 0.200. The molecule has 0 spiro atoms. The predicted molar refractivity (Wildman–Crippen MR) is 109 cm³/mol. The molecule has 1 aliphatic heterocycles. The summed E-state index contributed by atoms with van der Waals surface area (Å²) in [6.07, 6.45) is 1.88. The van der Waals surface area contributed by atoms with E-state index in [4.69, 9.17) is 4.74 Å². The Morgan fingerprint density at radius 1 is 1.12 bits per heavy atom. The number of nitrogens with zero attached hydrogens (tertiary/aromatic N) is 2. The molecule has 0 aromatic heterocycles. The van der Waals surface area contributed by atoms with Crippen molar-refractivity contribution in [1.29, 1.82) is 0 Å². The van der Waals surface area contributed by atoms with Gasteiger partial charge in [0.05, 0.1) is 17.2 Å². The van der Waals surface area contributed by atoms with Gasteiger partial charge < -0.3 is 15.0 Å². The number of rotatable bonds is 5. The molecule has 0 aliphatic carbocycles. The van der Waals surface area contributed by atoms with Gasteiger partial charge in [0, 0.05) is 19.8 Å². The van der Waals surface area contributed by atoms with Gasteiger partial charge in [-0.25, -0.2) is 4.99 Å². The Hall–Kier alpha value is -2.73. The quantitative estimate of drug-likeness (QED) is 0.810. The van der Waals surface area contributed by atoms with Crippen molar-refractivity contribution in [2.75, 3.05) is 25.6 Å². The SMILES string of the molecule is CCOc1ccc(N=C2NC(=O)C(=Cc3ccc(N(C)C)cc3)S2)cc1. The summed E-state index contributed by atoms with van der Waals surface area (Å²) in [4.78, 5) is 19.3. The highest BCUT2D eigenvalue weighted by Gasteiger charge is 2.23. The maximum Gasteiger partial charge on any atom is 0.264 e. The van der Waals surface area contributed by atoms with Gasteiger partial charge in [0.15, 0.2) is 5.17 Å². The van der Waals surface area contributed by atoms with Crippen LogP contribution in [0.5, 0.6) is 5.75 Å². The van der Waals surface area contributed by atoms with Crippen molar-refractivity contribution in [3.8, 4) is 5.75 Å². The normalized spacial score (nSPS) is 16.8. The van der Waals surface area contributed by atoms with E-state index in [2.05, 4.69) is 10.3 Å². The summed E-state index contributed by atoms with van der Waals surface area (Å²) in [5, 5.41) is 3.39. The van der Waals surface area contributed by atoms with Crippen molar-refractivity contribution >= 4 is 40.3 Å². The van der Waals surface area contributed by atoms with Gasteiger partial charge in [-0.05, 0) is 66.7 Å². The average Bonchev–Trinajstić information content (AvgIpc) is 2.96. The minimum atomic E-state index is -0.128. The zero-order valence-corrected chi connectivity index (χ0v) is 15.8. The maximum absolute atomic E-state index is 12.2. The third kappa shape index (κ3) is 4.46. The largest absolute Gasteiger partial charge is 0.494 e. The molecule has 6 heteroatoms. The number of carbonyl (C=O) groups is 1. The van der Waals surface area contributed by atoms with Gasteiger partial charge in [-0.1, -0.05) is 12.1 Å². The lowest BCUT2D eigenvalue weighted by Gasteiger charge is -2.11. The standard InChI is InChI=1S/C20H21N3O2S/c1-4-25-17-11-7-15(8-12-17)21-20-22-19(24)18(26-20)13-14-5-9-16(10-6-14)23(2)3/h5-13H,4H2,1-3H3,(H,21,22,24). The average molecular weight is 367 g/mol. The van der Waals surface area contributed by atoms with Crippen LogP contribution in [-0.4, -0.2) is 31.8 Å². The zero-order chi connectivity index (χ0) is 18.5. The van der Waals surface area contributed by atoms with Crippen LogP contribution in [0.2, 0.25) is 0 Å². The highest BCUT2D eigenvalue weighted by Crippen LogP contribution is 2.29. The smallest absolute Gasteiger partial charge is 0.264 e. The van der Waals surface area contributed by atoms with E-state index in [9.17, 15) is 4.79 Å². The minimum absolute atomic E-state index is 0.128. The topological polar surface area (TPSA) is 53.9 Å². The zero-order valence-electron chi connectivity index (χ0n) is 15.0. The van der Waals surface area contributed by atoms with Crippen LogP contribution in [0, 0.1) is 0 Å². The fourth-order valence-electron chi connectivity index (χ4n) is 2.40. The number of ether oxygens (including phenoxy) is 1. The highest BCUT2D eigenvalue weighted by atomic mass is 32.2. The first-order chi connectivity index (χ1) is 12.5. The number of hydrogen-bond acceptors (Lipinski definition) is 5. The van der Waals surface area contributed by atoms with Gasteiger partial charge in [0.25, 0.3) is 5.91 Å². The van der Waals surface area contributed by atoms with Crippen LogP contribution >= 0.6 is 11.8 Å². The van der Waals surface area contributed by atoms with E-state index in [1.54, 1.807) is 0 Å². The molecule has 0 atom stereocenters. The summed E-state index contributed by atoms with van der Waals surface area (Å²) in [6, 6.07) is 15.5. The highest BCUT2D eigenvalue weighted by molar-refractivity contribution is 8.18. The van der Waals surface area contributed by atoms with E-state index in [0.29, 0.717) is 16.7 Å². The molecule has 1 saturated heterocycles. The fourth-order valence-corrected chi connectivity index (χ4v) is 3.24. The second-order valence-corrected chi connectivity index (χ2v) is 6.93.